The lowest BCUT2D eigenvalue weighted by Crippen LogP contribution is -2.44. The standard InChI is InChI=1S/C18H29N3O2S/c1-6-12(2)13-11-24-17(19-13)20-16(23)14-8-7-9-21(14)15(22)10-18(3,4)5/h11-12,14H,6-10H2,1-5H3,(H,19,20,23). The molecule has 24 heavy (non-hydrogen) atoms. The number of carbonyl (C=O) groups excluding carboxylic acids is 2. The van der Waals surface area contributed by atoms with Crippen molar-refractivity contribution >= 4 is 28.3 Å². The van der Waals surface area contributed by atoms with E-state index in [1.165, 1.54) is 11.3 Å². The van der Waals surface area contributed by atoms with Crippen molar-refractivity contribution in [3.8, 4) is 0 Å². The highest BCUT2D eigenvalue weighted by Crippen LogP contribution is 2.27. The molecule has 1 aliphatic heterocycles. The number of aromatic nitrogens is 1. The number of carbonyl (C=O) groups is 2. The van der Waals surface area contributed by atoms with E-state index in [2.05, 4.69) is 24.1 Å². The molecule has 2 heterocycles. The van der Waals surface area contributed by atoms with Gasteiger partial charge in [-0.15, -0.1) is 11.3 Å². The van der Waals surface area contributed by atoms with Gasteiger partial charge in [0.15, 0.2) is 5.13 Å². The molecule has 0 aliphatic carbocycles. The van der Waals surface area contributed by atoms with Crippen LogP contribution in [0.2, 0.25) is 0 Å². The van der Waals surface area contributed by atoms with Crippen molar-refractivity contribution in [1.29, 1.82) is 0 Å². The molecule has 6 heteroatoms. The number of amides is 2. The number of thiazole rings is 1. The second kappa shape index (κ2) is 7.64. The van der Waals surface area contributed by atoms with Crippen molar-refractivity contribution in [2.45, 2.75) is 72.3 Å². The van der Waals surface area contributed by atoms with Gasteiger partial charge >= 0.3 is 0 Å². The zero-order valence-corrected chi connectivity index (χ0v) is 16.2. The third kappa shape index (κ3) is 4.79. The first-order valence-corrected chi connectivity index (χ1v) is 9.65. The van der Waals surface area contributed by atoms with E-state index in [1.807, 2.05) is 26.2 Å². The highest BCUT2D eigenvalue weighted by atomic mass is 32.1. The minimum Gasteiger partial charge on any atom is -0.331 e. The highest BCUT2D eigenvalue weighted by molar-refractivity contribution is 7.13. The van der Waals surface area contributed by atoms with Gasteiger partial charge in [-0.2, -0.15) is 0 Å². The van der Waals surface area contributed by atoms with Crippen molar-refractivity contribution in [3.05, 3.63) is 11.1 Å². The molecule has 5 nitrogen and oxygen atoms in total. The third-order valence-corrected chi connectivity index (χ3v) is 5.20. The fraction of sp³-hybridized carbons (Fsp3) is 0.722. The summed E-state index contributed by atoms with van der Waals surface area (Å²) in [5, 5.41) is 5.54. The van der Waals surface area contributed by atoms with Gasteiger partial charge < -0.3 is 10.2 Å². The summed E-state index contributed by atoms with van der Waals surface area (Å²) in [4.78, 5) is 31.3. The Morgan fingerprint density at radius 1 is 1.46 bits per heavy atom. The summed E-state index contributed by atoms with van der Waals surface area (Å²) in [5.74, 6) is 0.350. The molecular weight excluding hydrogens is 322 g/mol. The maximum atomic E-state index is 12.6. The maximum absolute atomic E-state index is 12.6. The molecule has 1 fully saturated rings. The lowest BCUT2D eigenvalue weighted by atomic mass is 9.91. The monoisotopic (exact) mass is 351 g/mol. The van der Waals surface area contributed by atoms with Gasteiger partial charge in [-0.1, -0.05) is 34.6 Å². The van der Waals surface area contributed by atoms with Crippen LogP contribution in [-0.4, -0.2) is 34.3 Å². The molecule has 0 radical (unpaired) electrons. The number of nitrogens with zero attached hydrogens (tertiary/aromatic N) is 2. The van der Waals surface area contributed by atoms with Crippen LogP contribution in [0.25, 0.3) is 0 Å². The van der Waals surface area contributed by atoms with Crippen LogP contribution in [0.15, 0.2) is 5.38 Å². The van der Waals surface area contributed by atoms with E-state index in [0.29, 0.717) is 24.0 Å². The normalized spacial score (nSPS) is 19.4. The minimum absolute atomic E-state index is 0.0683. The molecule has 2 amide bonds. The number of anilines is 1. The van der Waals surface area contributed by atoms with Crippen molar-refractivity contribution < 1.29 is 9.59 Å². The first-order chi connectivity index (χ1) is 11.2. The topological polar surface area (TPSA) is 62.3 Å². The van der Waals surface area contributed by atoms with Crippen LogP contribution in [0.4, 0.5) is 5.13 Å². The Morgan fingerprint density at radius 2 is 2.17 bits per heavy atom. The predicted molar refractivity (Wildman–Crippen MR) is 98.3 cm³/mol. The Bertz CT molecular complexity index is 591. The Balaban J connectivity index is 2.00. The summed E-state index contributed by atoms with van der Waals surface area (Å²) in [5.41, 5.74) is 0.950. The fourth-order valence-electron chi connectivity index (χ4n) is 2.86. The van der Waals surface area contributed by atoms with Crippen LogP contribution >= 0.6 is 11.3 Å². The van der Waals surface area contributed by atoms with Crippen LogP contribution in [0.1, 0.15) is 71.9 Å². The van der Waals surface area contributed by atoms with E-state index in [9.17, 15) is 9.59 Å². The molecule has 1 aliphatic rings. The quantitative estimate of drug-likeness (QED) is 0.871. The number of nitrogens with one attached hydrogen (secondary N) is 1. The molecule has 2 unspecified atom stereocenters. The third-order valence-electron chi connectivity index (χ3n) is 4.43. The van der Waals surface area contributed by atoms with E-state index < -0.39 is 0 Å². The summed E-state index contributed by atoms with van der Waals surface area (Å²) >= 11 is 1.45. The van der Waals surface area contributed by atoms with Crippen LogP contribution in [0, 0.1) is 5.41 Å². The zero-order valence-electron chi connectivity index (χ0n) is 15.4. The zero-order chi connectivity index (χ0) is 17.9. The molecule has 1 N–H and O–H groups in total. The van der Waals surface area contributed by atoms with Gasteiger partial charge in [-0.25, -0.2) is 4.98 Å². The molecule has 2 atom stereocenters. The number of hydrogen-bond acceptors (Lipinski definition) is 4. The minimum atomic E-state index is -0.365. The van der Waals surface area contributed by atoms with Crippen molar-refractivity contribution in [3.63, 3.8) is 0 Å². The van der Waals surface area contributed by atoms with Gasteiger partial charge in [-0.3, -0.25) is 9.59 Å². The molecule has 1 aromatic heterocycles. The Hall–Kier alpha value is -1.43. The van der Waals surface area contributed by atoms with Crippen LogP contribution in [0.5, 0.6) is 0 Å². The van der Waals surface area contributed by atoms with Gasteiger partial charge in [0.1, 0.15) is 6.04 Å². The first kappa shape index (κ1) is 18.9. The van der Waals surface area contributed by atoms with Crippen molar-refractivity contribution in [1.82, 2.24) is 9.88 Å². The largest absolute Gasteiger partial charge is 0.331 e. The van der Waals surface area contributed by atoms with Gasteiger partial charge in [0.25, 0.3) is 0 Å². The van der Waals surface area contributed by atoms with Gasteiger partial charge in [0.2, 0.25) is 11.8 Å². The Labute approximate surface area is 148 Å². The summed E-state index contributed by atoms with van der Waals surface area (Å²) in [6, 6.07) is -0.365. The summed E-state index contributed by atoms with van der Waals surface area (Å²) in [7, 11) is 0. The molecule has 0 bridgehead atoms. The fourth-order valence-corrected chi connectivity index (χ4v) is 3.70. The average Bonchev–Trinajstić information content (AvgIpc) is 3.13. The van der Waals surface area contributed by atoms with Crippen LogP contribution in [-0.2, 0) is 9.59 Å². The molecule has 1 saturated heterocycles. The van der Waals surface area contributed by atoms with E-state index in [1.54, 1.807) is 4.90 Å². The van der Waals surface area contributed by atoms with E-state index in [0.717, 1.165) is 25.0 Å². The lowest BCUT2D eigenvalue weighted by Gasteiger charge is -2.27. The molecular formula is C18H29N3O2S. The maximum Gasteiger partial charge on any atom is 0.248 e. The van der Waals surface area contributed by atoms with E-state index in [-0.39, 0.29) is 23.3 Å². The van der Waals surface area contributed by atoms with Gasteiger partial charge in [0.05, 0.1) is 5.69 Å². The highest BCUT2D eigenvalue weighted by Gasteiger charge is 2.35. The predicted octanol–water partition coefficient (Wildman–Crippen LogP) is 4.02. The van der Waals surface area contributed by atoms with Crippen molar-refractivity contribution in [2.75, 3.05) is 11.9 Å². The summed E-state index contributed by atoms with van der Waals surface area (Å²) in [6.07, 6.45) is 3.09. The van der Waals surface area contributed by atoms with Gasteiger partial charge in [-0.05, 0) is 30.6 Å². The molecule has 134 valence electrons. The van der Waals surface area contributed by atoms with E-state index >= 15 is 0 Å². The first-order valence-electron chi connectivity index (χ1n) is 8.77. The SMILES string of the molecule is CCC(C)c1csc(NC(=O)C2CCCN2C(=O)CC(C)(C)C)n1. The lowest BCUT2D eigenvalue weighted by molar-refractivity contribution is -0.138. The second-order valence-corrected chi connectivity index (χ2v) is 8.72. The van der Waals surface area contributed by atoms with Crippen molar-refractivity contribution in [2.24, 2.45) is 5.41 Å². The molecule has 2 rings (SSSR count). The smallest absolute Gasteiger partial charge is 0.248 e. The average molecular weight is 352 g/mol. The molecule has 0 saturated carbocycles. The summed E-state index contributed by atoms with van der Waals surface area (Å²) in [6.45, 7) is 11.1. The Kier molecular flexibility index (Phi) is 6.01. The number of likely N-dealkylation sites (tertiary alicyclic amines) is 1. The second-order valence-electron chi connectivity index (χ2n) is 7.86. The van der Waals surface area contributed by atoms with Gasteiger partial charge in [0, 0.05) is 18.3 Å². The van der Waals surface area contributed by atoms with E-state index in [4.69, 9.17) is 0 Å². The number of hydrogen-bond donors (Lipinski definition) is 1. The summed E-state index contributed by atoms with van der Waals surface area (Å²) < 4.78 is 0. The molecule has 0 spiro atoms. The molecule has 0 aromatic carbocycles. The Morgan fingerprint density at radius 3 is 2.79 bits per heavy atom. The van der Waals surface area contributed by atoms with Crippen LogP contribution in [0.3, 0.4) is 0 Å². The van der Waals surface area contributed by atoms with Crippen LogP contribution < -0.4 is 5.32 Å². The number of rotatable bonds is 5. The molecule has 1 aromatic rings.